The normalized spacial score (nSPS) is 12.9. The van der Waals surface area contributed by atoms with E-state index >= 15 is 0 Å². The van der Waals surface area contributed by atoms with E-state index < -0.39 is 24.3 Å². The lowest BCUT2D eigenvalue weighted by Gasteiger charge is -2.26. The molecule has 0 heterocycles. The highest BCUT2D eigenvalue weighted by Gasteiger charge is 2.22. The SMILES string of the molecule is CC/C=C\C/C=C\C/C=C\C/C=C\CCCCCCCCCCCCCCCCCCCCC(=O)OC(COC(=O)CCCCCCCCCCCCCCCCCCCCCCCCC/C=C\CCCCCCCCCC)COC(OCC[N+](C)(C)C)C(=O)[O-]. The Balaban J connectivity index is 3.98. The summed E-state index contributed by atoms with van der Waals surface area (Å²) in [4.78, 5) is 37.6. The van der Waals surface area contributed by atoms with Crippen LogP contribution in [0.2, 0.25) is 0 Å². The summed E-state index contributed by atoms with van der Waals surface area (Å²) in [6, 6.07) is 0. The van der Waals surface area contributed by atoms with Gasteiger partial charge in [0.25, 0.3) is 0 Å². The van der Waals surface area contributed by atoms with Crippen molar-refractivity contribution in [3.05, 3.63) is 60.8 Å². The van der Waals surface area contributed by atoms with Crippen LogP contribution in [0.3, 0.4) is 0 Å². The molecular formula is C82H151NO8. The molecule has 0 spiro atoms. The number of ether oxygens (including phenoxy) is 4. The van der Waals surface area contributed by atoms with Gasteiger partial charge in [-0.15, -0.1) is 0 Å². The van der Waals surface area contributed by atoms with Gasteiger partial charge in [-0.3, -0.25) is 9.59 Å². The second-order valence-electron chi connectivity index (χ2n) is 28.0. The minimum atomic E-state index is -1.62. The summed E-state index contributed by atoms with van der Waals surface area (Å²) < 4.78 is 22.9. The molecule has 2 atom stereocenters. The Labute approximate surface area is 565 Å². The van der Waals surface area contributed by atoms with Crippen LogP contribution in [0.15, 0.2) is 60.8 Å². The molecule has 0 saturated carbocycles. The zero-order chi connectivity index (χ0) is 66.1. The minimum absolute atomic E-state index is 0.149. The number of allylic oxidation sites excluding steroid dienone is 10. The Bertz CT molecular complexity index is 1680. The van der Waals surface area contributed by atoms with Crippen molar-refractivity contribution < 1.29 is 42.9 Å². The minimum Gasteiger partial charge on any atom is -0.545 e. The fraction of sp³-hybridized carbons (Fsp3) is 0.841. The molecule has 0 radical (unpaired) electrons. The average Bonchev–Trinajstić information content (AvgIpc) is 3.65. The lowest BCUT2D eigenvalue weighted by molar-refractivity contribution is -0.870. The van der Waals surface area contributed by atoms with Crippen molar-refractivity contribution in [1.29, 1.82) is 0 Å². The Hall–Kier alpha value is -3.01. The van der Waals surface area contributed by atoms with Crippen LogP contribution in [0.1, 0.15) is 386 Å². The van der Waals surface area contributed by atoms with Crippen molar-refractivity contribution >= 4 is 17.9 Å². The van der Waals surface area contributed by atoms with Gasteiger partial charge in [0.05, 0.1) is 40.3 Å². The van der Waals surface area contributed by atoms with Crippen LogP contribution in [0.5, 0.6) is 0 Å². The first kappa shape index (κ1) is 88.0. The van der Waals surface area contributed by atoms with Gasteiger partial charge < -0.3 is 33.3 Å². The average molecular weight is 1280 g/mol. The van der Waals surface area contributed by atoms with Crippen LogP contribution in [-0.2, 0) is 33.3 Å². The molecule has 0 N–H and O–H groups in total. The molecule has 9 nitrogen and oxygen atoms in total. The first-order valence-corrected chi connectivity index (χ1v) is 39.4. The molecular weight excluding hydrogens is 1130 g/mol. The zero-order valence-electron chi connectivity index (χ0n) is 61.0. The lowest BCUT2D eigenvalue weighted by atomic mass is 10.0. The number of hydrogen-bond acceptors (Lipinski definition) is 8. The monoisotopic (exact) mass is 1280 g/mol. The number of unbranched alkanes of at least 4 members (excludes halogenated alkanes) is 49. The van der Waals surface area contributed by atoms with E-state index in [1.807, 2.05) is 21.1 Å². The fourth-order valence-electron chi connectivity index (χ4n) is 11.8. The van der Waals surface area contributed by atoms with Crippen LogP contribution >= 0.6 is 0 Å². The Morgan fingerprint density at radius 1 is 0.341 bits per heavy atom. The molecule has 0 aliphatic heterocycles. The number of nitrogens with zero attached hydrogens (tertiary/aromatic N) is 1. The van der Waals surface area contributed by atoms with Crippen molar-refractivity contribution in [3.63, 3.8) is 0 Å². The molecule has 91 heavy (non-hydrogen) atoms. The largest absolute Gasteiger partial charge is 0.545 e. The molecule has 9 heteroatoms. The third-order valence-electron chi connectivity index (χ3n) is 17.7. The predicted molar refractivity (Wildman–Crippen MR) is 389 cm³/mol. The smallest absolute Gasteiger partial charge is 0.306 e. The molecule has 2 unspecified atom stereocenters. The second-order valence-corrected chi connectivity index (χ2v) is 28.0. The summed E-state index contributed by atoms with van der Waals surface area (Å²) in [6.07, 6.45) is 93.5. The summed E-state index contributed by atoms with van der Waals surface area (Å²) in [7, 11) is 5.95. The molecule has 0 bridgehead atoms. The highest BCUT2D eigenvalue weighted by molar-refractivity contribution is 5.70. The van der Waals surface area contributed by atoms with Gasteiger partial charge in [-0.25, -0.2) is 0 Å². The third kappa shape index (κ3) is 74.3. The number of carbonyl (C=O) groups is 3. The van der Waals surface area contributed by atoms with Crippen molar-refractivity contribution in [2.75, 3.05) is 47.5 Å². The number of rotatable bonds is 74. The standard InChI is InChI=1S/C82H151NO8/c1-6-8-10-12-14-16-18-20-22-24-26-28-30-32-34-36-38-39-40-41-43-44-46-48-50-52-54-56-58-60-62-64-66-68-70-72-79(84)89-76-78(77-90-82(81(86)87)88-75-74-83(3,4)5)91-80(85)73-71-69-67-65-63-61-59-57-55-53-51-49-47-45-42-37-35-33-31-29-27-25-23-21-19-17-15-13-11-9-7-2/h9,11,15,17,21,23-24,26-27,29,78,82H,6-8,10,12-14,16,18-20,22,25,28,30-77H2,1-5H3/b11-9-,17-15-,23-21-,26-24-,29-27-. The molecule has 0 aromatic heterocycles. The molecule has 0 amide bonds. The number of esters is 2. The first-order chi connectivity index (χ1) is 44.6. The highest BCUT2D eigenvalue weighted by Crippen LogP contribution is 2.19. The van der Waals surface area contributed by atoms with Gasteiger partial charge in [0.15, 0.2) is 12.4 Å². The van der Waals surface area contributed by atoms with Crippen LogP contribution in [-0.4, -0.2) is 82.3 Å². The molecule has 0 aliphatic carbocycles. The van der Waals surface area contributed by atoms with Crippen LogP contribution in [0, 0.1) is 0 Å². The van der Waals surface area contributed by atoms with E-state index in [0.29, 0.717) is 23.9 Å². The van der Waals surface area contributed by atoms with Gasteiger partial charge in [0, 0.05) is 12.8 Å². The van der Waals surface area contributed by atoms with E-state index in [1.54, 1.807) is 0 Å². The van der Waals surface area contributed by atoms with E-state index in [9.17, 15) is 19.5 Å². The van der Waals surface area contributed by atoms with Crippen LogP contribution in [0.4, 0.5) is 0 Å². The van der Waals surface area contributed by atoms with E-state index in [1.165, 1.54) is 295 Å². The third-order valence-corrected chi connectivity index (χ3v) is 17.7. The lowest BCUT2D eigenvalue weighted by Crippen LogP contribution is -2.44. The number of carboxylic acid groups (broad SMARTS) is 1. The van der Waals surface area contributed by atoms with Crippen molar-refractivity contribution in [2.24, 2.45) is 0 Å². The molecule has 0 saturated heterocycles. The summed E-state index contributed by atoms with van der Waals surface area (Å²) in [5, 5.41) is 11.9. The molecule has 0 aromatic carbocycles. The van der Waals surface area contributed by atoms with Gasteiger partial charge in [0.2, 0.25) is 0 Å². The summed E-state index contributed by atoms with van der Waals surface area (Å²) >= 11 is 0. The van der Waals surface area contributed by atoms with E-state index in [-0.39, 0.29) is 32.2 Å². The van der Waals surface area contributed by atoms with Gasteiger partial charge in [-0.2, -0.15) is 0 Å². The van der Waals surface area contributed by atoms with Crippen LogP contribution in [0.25, 0.3) is 0 Å². The number of carboxylic acids is 1. The quantitative estimate of drug-likeness (QED) is 0.0195. The fourth-order valence-corrected chi connectivity index (χ4v) is 11.8. The summed E-state index contributed by atoms with van der Waals surface area (Å²) in [5.74, 6) is -2.25. The van der Waals surface area contributed by atoms with E-state index in [4.69, 9.17) is 18.9 Å². The number of carbonyl (C=O) groups excluding carboxylic acids is 3. The number of aliphatic carboxylic acids is 1. The molecule has 0 fully saturated rings. The topological polar surface area (TPSA) is 111 Å². The van der Waals surface area contributed by atoms with Gasteiger partial charge in [-0.1, -0.05) is 357 Å². The Morgan fingerprint density at radius 2 is 0.626 bits per heavy atom. The molecule has 0 rings (SSSR count). The molecule has 0 aromatic rings. The maximum Gasteiger partial charge on any atom is 0.306 e. The number of quaternary nitrogens is 1. The second kappa shape index (κ2) is 72.8. The molecule has 532 valence electrons. The highest BCUT2D eigenvalue weighted by atomic mass is 16.7. The number of likely N-dealkylation sites (N-methyl/N-ethyl adjacent to an activating group) is 1. The Kier molecular flexibility index (Phi) is 70.4. The zero-order valence-corrected chi connectivity index (χ0v) is 61.0. The Morgan fingerprint density at radius 3 is 0.945 bits per heavy atom. The van der Waals surface area contributed by atoms with Crippen molar-refractivity contribution in [3.8, 4) is 0 Å². The first-order valence-electron chi connectivity index (χ1n) is 39.4. The van der Waals surface area contributed by atoms with E-state index in [2.05, 4.69) is 74.6 Å². The van der Waals surface area contributed by atoms with Gasteiger partial charge in [0.1, 0.15) is 13.2 Å². The van der Waals surface area contributed by atoms with Crippen LogP contribution < -0.4 is 5.11 Å². The van der Waals surface area contributed by atoms with Crippen molar-refractivity contribution in [1.82, 2.24) is 0 Å². The summed E-state index contributed by atoms with van der Waals surface area (Å²) in [5.41, 5.74) is 0. The van der Waals surface area contributed by atoms with Gasteiger partial charge in [-0.05, 0) is 77.0 Å². The number of hydrogen-bond donors (Lipinski definition) is 0. The van der Waals surface area contributed by atoms with Crippen molar-refractivity contribution in [2.45, 2.75) is 399 Å². The van der Waals surface area contributed by atoms with E-state index in [0.717, 1.165) is 57.8 Å². The molecule has 0 aliphatic rings. The predicted octanol–water partition coefficient (Wildman–Crippen LogP) is 23.7. The summed E-state index contributed by atoms with van der Waals surface area (Å²) in [6.45, 7) is 4.70. The van der Waals surface area contributed by atoms with Gasteiger partial charge >= 0.3 is 11.9 Å². The maximum absolute atomic E-state index is 13.0. The maximum atomic E-state index is 13.0.